The van der Waals surface area contributed by atoms with E-state index in [1.807, 2.05) is 12.1 Å². The van der Waals surface area contributed by atoms with E-state index in [9.17, 15) is 0 Å². The average molecular weight is 418 g/mol. The number of hydrogen-bond donors (Lipinski definition) is 1. The molecule has 0 saturated carbocycles. The molecule has 6 heteroatoms. The lowest BCUT2D eigenvalue weighted by Gasteiger charge is -2.20. The zero-order valence-electron chi connectivity index (χ0n) is 13.5. The van der Waals surface area contributed by atoms with E-state index in [2.05, 4.69) is 29.0 Å². The van der Waals surface area contributed by atoms with E-state index < -0.39 is 0 Å². The summed E-state index contributed by atoms with van der Waals surface area (Å²) in [5, 5.41) is 3.37. The van der Waals surface area contributed by atoms with E-state index in [4.69, 9.17) is 9.73 Å². The largest absolute Gasteiger partial charge is 0.477 e. The Hall–Kier alpha value is -1.05. The molecule has 0 bridgehead atoms. The van der Waals surface area contributed by atoms with Gasteiger partial charge in [0.2, 0.25) is 5.88 Å². The molecule has 1 aliphatic heterocycles. The van der Waals surface area contributed by atoms with Gasteiger partial charge < -0.3 is 15.0 Å². The van der Waals surface area contributed by atoms with Crippen molar-refractivity contribution in [3.63, 3.8) is 0 Å². The van der Waals surface area contributed by atoms with Crippen LogP contribution in [0.5, 0.6) is 5.88 Å². The molecule has 1 aromatic heterocycles. The number of nitrogens with zero attached hydrogens (tertiary/aromatic N) is 3. The molecule has 2 heterocycles. The van der Waals surface area contributed by atoms with Crippen molar-refractivity contribution >= 4 is 29.9 Å². The van der Waals surface area contributed by atoms with Crippen LogP contribution in [0.25, 0.3) is 0 Å². The molecule has 0 aliphatic carbocycles. The molecule has 1 fully saturated rings. The van der Waals surface area contributed by atoms with Crippen LogP contribution in [0, 0.1) is 0 Å². The Morgan fingerprint density at radius 1 is 1.36 bits per heavy atom. The van der Waals surface area contributed by atoms with Gasteiger partial charge in [-0.05, 0) is 32.3 Å². The summed E-state index contributed by atoms with van der Waals surface area (Å²) in [4.78, 5) is 11.4. The minimum Gasteiger partial charge on any atom is -0.477 e. The predicted octanol–water partition coefficient (Wildman–Crippen LogP) is 3.05. The Labute approximate surface area is 150 Å². The molecule has 1 aromatic rings. The van der Waals surface area contributed by atoms with Crippen molar-refractivity contribution in [2.75, 3.05) is 26.2 Å². The van der Waals surface area contributed by atoms with Crippen LogP contribution >= 0.6 is 24.0 Å². The molecule has 0 radical (unpaired) electrons. The molecule has 2 rings (SSSR count). The van der Waals surface area contributed by atoms with Crippen LogP contribution in [0.15, 0.2) is 23.3 Å². The zero-order valence-corrected chi connectivity index (χ0v) is 15.9. The molecular formula is C16H27IN4O. The highest BCUT2D eigenvalue weighted by Crippen LogP contribution is 2.16. The number of aromatic nitrogens is 1. The third-order valence-corrected chi connectivity index (χ3v) is 3.43. The summed E-state index contributed by atoms with van der Waals surface area (Å²) in [5.41, 5.74) is 1.04. The van der Waals surface area contributed by atoms with Crippen molar-refractivity contribution in [1.29, 1.82) is 0 Å². The fourth-order valence-electron chi connectivity index (χ4n) is 2.39. The maximum atomic E-state index is 5.69. The third kappa shape index (κ3) is 5.62. The number of hydrogen-bond acceptors (Lipinski definition) is 3. The summed E-state index contributed by atoms with van der Waals surface area (Å²) in [7, 11) is 0. The molecule has 1 N–H and O–H groups in total. The first-order chi connectivity index (χ1) is 10.3. The molecule has 1 saturated heterocycles. The number of pyridine rings is 1. The molecule has 0 atom stereocenters. The summed E-state index contributed by atoms with van der Waals surface area (Å²) in [6.07, 6.45) is 5.25. The summed E-state index contributed by atoms with van der Waals surface area (Å²) in [5.74, 6) is 1.71. The summed E-state index contributed by atoms with van der Waals surface area (Å²) in [6, 6.07) is 3.97. The van der Waals surface area contributed by atoms with Gasteiger partial charge in [-0.15, -0.1) is 24.0 Å². The van der Waals surface area contributed by atoms with E-state index in [0.717, 1.165) is 37.6 Å². The van der Waals surface area contributed by atoms with Crippen LogP contribution in [0.4, 0.5) is 0 Å². The third-order valence-electron chi connectivity index (χ3n) is 3.43. The second kappa shape index (κ2) is 10.6. The second-order valence-electron chi connectivity index (χ2n) is 5.18. The lowest BCUT2D eigenvalue weighted by Crippen LogP contribution is -2.39. The maximum absolute atomic E-state index is 5.69. The van der Waals surface area contributed by atoms with E-state index in [1.54, 1.807) is 6.20 Å². The van der Waals surface area contributed by atoms with E-state index >= 15 is 0 Å². The Morgan fingerprint density at radius 2 is 2.14 bits per heavy atom. The number of likely N-dealkylation sites (tertiary alicyclic amines) is 1. The van der Waals surface area contributed by atoms with Crippen molar-refractivity contribution in [2.45, 2.75) is 39.7 Å². The monoisotopic (exact) mass is 418 g/mol. The normalized spacial score (nSPS) is 14.6. The van der Waals surface area contributed by atoms with Gasteiger partial charge >= 0.3 is 0 Å². The first-order valence-corrected chi connectivity index (χ1v) is 7.95. The van der Waals surface area contributed by atoms with Crippen molar-refractivity contribution in [3.05, 3.63) is 23.9 Å². The van der Waals surface area contributed by atoms with Gasteiger partial charge in [0.25, 0.3) is 0 Å². The summed E-state index contributed by atoms with van der Waals surface area (Å²) >= 11 is 0. The highest BCUT2D eigenvalue weighted by atomic mass is 127. The minimum atomic E-state index is 0. The molecular weight excluding hydrogens is 391 g/mol. The summed E-state index contributed by atoms with van der Waals surface area (Å²) < 4.78 is 5.69. The predicted molar refractivity (Wildman–Crippen MR) is 101 cm³/mol. The molecule has 0 spiro atoms. The molecule has 5 nitrogen and oxygen atoms in total. The lowest BCUT2D eigenvalue weighted by molar-refractivity contribution is 0.302. The van der Waals surface area contributed by atoms with Crippen molar-refractivity contribution in [3.8, 4) is 5.88 Å². The molecule has 0 aromatic carbocycles. The first kappa shape index (κ1) is 19.0. The number of guanidine groups is 1. The molecule has 22 heavy (non-hydrogen) atoms. The van der Waals surface area contributed by atoms with Gasteiger partial charge in [-0.2, -0.15) is 0 Å². The molecule has 1 aliphatic rings. The Morgan fingerprint density at radius 3 is 2.82 bits per heavy atom. The average Bonchev–Trinajstić information content (AvgIpc) is 3.04. The van der Waals surface area contributed by atoms with Gasteiger partial charge in [-0.25, -0.2) is 9.98 Å². The van der Waals surface area contributed by atoms with Crippen LogP contribution in [0.3, 0.4) is 0 Å². The lowest BCUT2D eigenvalue weighted by atomic mass is 10.3. The summed E-state index contributed by atoms with van der Waals surface area (Å²) in [6.45, 7) is 8.58. The van der Waals surface area contributed by atoms with Crippen molar-refractivity contribution < 1.29 is 4.74 Å². The maximum Gasteiger partial charge on any atom is 0.218 e. The standard InChI is InChI=1S/C16H26N4O.HI/c1-3-12-21-15-14(8-7-9-18-15)13-19-16(17-4-2)20-10-5-6-11-20;/h7-9H,3-6,10-13H2,1-2H3,(H,17,19);1H. The van der Waals surface area contributed by atoms with Crippen molar-refractivity contribution in [1.82, 2.24) is 15.2 Å². The molecule has 0 amide bonds. The molecule has 0 unspecified atom stereocenters. The quantitative estimate of drug-likeness (QED) is 0.439. The number of nitrogens with one attached hydrogen (secondary N) is 1. The second-order valence-corrected chi connectivity index (χ2v) is 5.18. The van der Waals surface area contributed by atoms with Crippen LogP contribution in [-0.2, 0) is 6.54 Å². The highest BCUT2D eigenvalue weighted by molar-refractivity contribution is 14.0. The van der Waals surface area contributed by atoms with E-state index in [-0.39, 0.29) is 24.0 Å². The van der Waals surface area contributed by atoms with Gasteiger partial charge in [0.05, 0.1) is 13.2 Å². The number of ether oxygens (including phenoxy) is 1. The number of aliphatic imine (C=N–C) groups is 1. The topological polar surface area (TPSA) is 49.8 Å². The van der Waals surface area contributed by atoms with E-state index in [1.165, 1.54) is 12.8 Å². The minimum absolute atomic E-state index is 0. The Bertz CT molecular complexity index is 461. The van der Waals surface area contributed by atoms with Crippen LogP contribution in [-0.4, -0.2) is 42.1 Å². The fraction of sp³-hybridized carbons (Fsp3) is 0.625. The smallest absolute Gasteiger partial charge is 0.218 e. The van der Waals surface area contributed by atoms with Crippen LogP contribution in [0.2, 0.25) is 0 Å². The number of rotatable bonds is 6. The van der Waals surface area contributed by atoms with Gasteiger partial charge in [0.15, 0.2) is 5.96 Å². The van der Waals surface area contributed by atoms with Gasteiger partial charge in [-0.3, -0.25) is 0 Å². The van der Waals surface area contributed by atoms with Crippen LogP contribution < -0.4 is 10.1 Å². The highest BCUT2D eigenvalue weighted by Gasteiger charge is 2.15. The van der Waals surface area contributed by atoms with Gasteiger partial charge in [-0.1, -0.05) is 13.0 Å². The van der Waals surface area contributed by atoms with Gasteiger partial charge in [0, 0.05) is 31.4 Å². The number of halogens is 1. The Balaban J connectivity index is 0.00000242. The first-order valence-electron chi connectivity index (χ1n) is 7.95. The van der Waals surface area contributed by atoms with E-state index in [0.29, 0.717) is 19.0 Å². The molecule has 124 valence electrons. The fourth-order valence-corrected chi connectivity index (χ4v) is 2.39. The SMILES string of the molecule is CCCOc1ncccc1CN=C(NCC)N1CCCC1.I. The van der Waals surface area contributed by atoms with Gasteiger partial charge in [0.1, 0.15) is 0 Å². The zero-order chi connectivity index (χ0) is 14.9. The van der Waals surface area contributed by atoms with Crippen LogP contribution in [0.1, 0.15) is 38.7 Å². The van der Waals surface area contributed by atoms with Crippen molar-refractivity contribution in [2.24, 2.45) is 4.99 Å². The Kier molecular flexibility index (Phi) is 9.19.